The zero-order valence-corrected chi connectivity index (χ0v) is 13.5. The molecule has 1 rings (SSSR count). The van der Waals surface area contributed by atoms with Crippen molar-refractivity contribution in [2.24, 2.45) is 5.41 Å². The number of halogens is 1. The Hall–Kier alpha value is -1.27. The monoisotopic (exact) mass is 318 g/mol. The van der Waals surface area contributed by atoms with Crippen LogP contribution < -0.4 is 10.0 Å². The predicted octanol–water partition coefficient (Wildman–Crippen LogP) is 2.57. The smallest absolute Gasteiger partial charge is 0.231 e. The first-order valence-corrected chi connectivity index (χ1v) is 8.43. The lowest BCUT2D eigenvalue weighted by atomic mass is 9.95. The molecule has 0 fully saturated rings. The Bertz CT molecular complexity index is 612. The summed E-state index contributed by atoms with van der Waals surface area (Å²) < 4.78 is 24.8. The van der Waals surface area contributed by atoms with E-state index in [9.17, 15) is 13.2 Å². The van der Waals surface area contributed by atoms with Gasteiger partial charge in [-0.3, -0.25) is 9.52 Å². The Labute approximate surface area is 124 Å². The highest BCUT2D eigenvalue weighted by molar-refractivity contribution is 7.92. The van der Waals surface area contributed by atoms with Crippen LogP contribution in [0.3, 0.4) is 0 Å². The number of carbonyl (C=O) groups is 1. The molecule has 1 aromatic rings. The van der Waals surface area contributed by atoms with Crippen LogP contribution in [0.2, 0.25) is 0 Å². The van der Waals surface area contributed by atoms with Crippen LogP contribution in [-0.4, -0.2) is 26.5 Å². The fourth-order valence-corrected chi connectivity index (χ4v) is 2.17. The Morgan fingerprint density at radius 3 is 2.40 bits per heavy atom. The van der Waals surface area contributed by atoms with Crippen LogP contribution in [0.5, 0.6) is 0 Å². The molecule has 0 bridgehead atoms. The number of nitrogens with one attached hydrogen (secondary N) is 2. The number of rotatable bonds is 5. The van der Waals surface area contributed by atoms with Crippen molar-refractivity contribution in [1.29, 1.82) is 0 Å². The fraction of sp³-hybridized carbons (Fsp3) is 0.462. The number of benzene rings is 1. The van der Waals surface area contributed by atoms with Crippen molar-refractivity contribution in [2.75, 3.05) is 22.2 Å². The lowest BCUT2D eigenvalue weighted by Crippen LogP contribution is -2.32. The SMILES string of the molecule is Cc1cc(NC(=O)C(C)(C)CCl)ccc1NS(C)(=O)=O. The van der Waals surface area contributed by atoms with E-state index < -0.39 is 15.4 Å². The highest BCUT2D eigenvalue weighted by Gasteiger charge is 2.26. The summed E-state index contributed by atoms with van der Waals surface area (Å²) >= 11 is 5.75. The maximum absolute atomic E-state index is 12.0. The summed E-state index contributed by atoms with van der Waals surface area (Å²) in [6.07, 6.45) is 1.09. The van der Waals surface area contributed by atoms with Crippen molar-refractivity contribution in [1.82, 2.24) is 0 Å². The topological polar surface area (TPSA) is 75.3 Å². The second-order valence-electron chi connectivity index (χ2n) is 5.38. The molecule has 0 aromatic heterocycles. The minimum atomic E-state index is -3.32. The van der Waals surface area contributed by atoms with Crippen molar-refractivity contribution in [3.05, 3.63) is 23.8 Å². The summed E-state index contributed by atoms with van der Waals surface area (Å²) in [5.41, 5.74) is 1.14. The van der Waals surface area contributed by atoms with Crippen molar-refractivity contribution in [3.8, 4) is 0 Å². The molecule has 5 nitrogen and oxygen atoms in total. The van der Waals surface area contributed by atoms with Gasteiger partial charge in [-0.15, -0.1) is 11.6 Å². The van der Waals surface area contributed by atoms with Gasteiger partial charge in [0.2, 0.25) is 15.9 Å². The van der Waals surface area contributed by atoms with Crippen molar-refractivity contribution in [3.63, 3.8) is 0 Å². The van der Waals surface area contributed by atoms with Crippen LogP contribution in [0, 0.1) is 12.3 Å². The Kier molecular flexibility index (Phi) is 5.05. The van der Waals surface area contributed by atoms with Crippen LogP contribution in [-0.2, 0) is 14.8 Å². The average molecular weight is 319 g/mol. The average Bonchev–Trinajstić information content (AvgIpc) is 2.31. The Morgan fingerprint density at radius 1 is 1.35 bits per heavy atom. The third kappa shape index (κ3) is 4.68. The minimum Gasteiger partial charge on any atom is -0.326 e. The molecule has 0 aliphatic heterocycles. The zero-order valence-electron chi connectivity index (χ0n) is 12.0. The van der Waals surface area contributed by atoms with Gasteiger partial charge in [-0.1, -0.05) is 0 Å². The number of carbonyl (C=O) groups excluding carboxylic acids is 1. The number of sulfonamides is 1. The van der Waals surface area contributed by atoms with E-state index in [2.05, 4.69) is 10.0 Å². The number of hydrogen-bond donors (Lipinski definition) is 2. The second-order valence-corrected chi connectivity index (χ2v) is 7.39. The predicted molar refractivity (Wildman–Crippen MR) is 82.8 cm³/mol. The summed E-state index contributed by atoms with van der Waals surface area (Å²) in [4.78, 5) is 12.0. The van der Waals surface area contributed by atoms with Gasteiger partial charge >= 0.3 is 0 Å². The third-order valence-electron chi connectivity index (χ3n) is 2.73. The van der Waals surface area contributed by atoms with Gasteiger partial charge in [0.1, 0.15) is 0 Å². The largest absolute Gasteiger partial charge is 0.326 e. The molecule has 1 amide bonds. The first kappa shape index (κ1) is 16.8. The first-order chi connectivity index (χ1) is 9.05. The number of anilines is 2. The first-order valence-electron chi connectivity index (χ1n) is 6.01. The number of aryl methyl sites for hydroxylation is 1. The van der Waals surface area contributed by atoms with Gasteiger partial charge in [-0.05, 0) is 44.5 Å². The molecule has 0 unspecified atom stereocenters. The second kappa shape index (κ2) is 6.01. The van der Waals surface area contributed by atoms with E-state index in [0.29, 0.717) is 11.4 Å². The van der Waals surface area contributed by atoms with E-state index in [-0.39, 0.29) is 11.8 Å². The fourth-order valence-electron chi connectivity index (χ4n) is 1.42. The van der Waals surface area contributed by atoms with Crippen molar-refractivity contribution in [2.45, 2.75) is 20.8 Å². The Balaban J connectivity index is 2.91. The normalized spacial score (nSPS) is 12.1. The standard InChI is InChI=1S/C13H19ClN2O3S/c1-9-7-10(15-12(17)13(2,3)8-14)5-6-11(9)16-20(4,18)19/h5-7,16H,8H2,1-4H3,(H,15,17). The zero-order chi connectivity index (χ0) is 15.6. The summed E-state index contributed by atoms with van der Waals surface area (Å²) in [7, 11) is -3.32. The number of alkyl halides is 1. The maximum atomic E-state index is 12.0. The van der Waals surface area contributed by atoms with Gasteiger partial charge in [-0.2, -0.15) is 0 Å². The molecular weight excluding hydrogens is 300 g/mol. The van der Waals surface area contributed by atoms with Gasteiger partial charge in [0, 0.05) is 11.6 Å². The number of amides is 1. The van der Waals surface area contributed by atoms with E-state index in [1.165, 1.54) is 0 Å². The molecule has 0 aliphatic carbocycles. The van der Waals surface area contributed by atoms with Gasteiger partial charge in [0.15, 0.2) is 0 Å². The van der Waals surface area contributed by atoms with E-state index in [1.807, 2.05) is 0 Å². The van der Waals surface area contributed by atoms with Crippen molar-refractivity contribution >= 4 is 38.9 Å². The van der Waals surface area contributed by atoms with Gasteiger partial charge in [0.25, 0.3) is 0 Å². The quantitative estimate of drug-likeness (QED) is 0.819. The molecule has 0 aliphatic rings. The molecule has 1 aromatic carbocycles. The molecule has 0 spiro atoms. The molecule has 7 heteroatoms. The van der Waals surface area contributed by atoms with Crippen LogP contribution in [0.4, 0.5) is 11.4 Å². The maximum Gasteiger partial charge on any atom is 0.231 e. The molecule has 112 valence electrons. The van der Waals surface area contributed by atoms with Crippen LogP contribution in [0.25, 0.3) is 0 Å². The van der Waals surface area contributed by atoms with Crippen LogP contribution >= 0.6 is 11.6 Å². The molecule has 0 atom stereocenters. The third-order valence-corrected chi connectivity index (χ3v) is 3.99. The van der Waals surface area contributed by atoms with Crippen molar-refractivity contribution < 1.29 is 13.2 Å². The summed E-state index contributed by atoms with van der Waals surface area (Å²) in [6, 6.07) is 4.96. The van der Waals surface area contributed by atoms with Gasteiger partial charge < -0.3 is 5.32 Å². The van der Waals surface area contributed by atoms with E-state index >= 15 is 0 Å². The highest BCUT2D eigenvalue weighted by Crippen LogP contribution is 2.24. The molecule has 2 N–H and O–H groups in total. The molecular formula is C13H19ClN2O3S. The summed E-state index contributed by atoms with van der Waals surface area (Å²) in [5.74, 6) is 0.0293. The van der Waals surface area contributed by atoms with E-state index in [0.717, 1.165) is 11.8 Å². The highest BCUT2D eigenvalue weighted by atomic mass is 35.5. The summed E-state index contributed by atoms with van der Waals surface area (Å²) in [6.45, 7) is 5.26. The van der Waals surface area contributed by atoms with E-state index in [4.69, 9.17) is 11.6 Å². The van der Waals surface area contributed by atoms with Gasteiger partial charge in [-0.25, -0.2) is 8.42 Å². The summed E-state index contributed by atoms with van der Waals surface area (Å²) in [5, 5.41) is 2.76. The molecule has 0 saturated heterocycles. The van der Waals surface area contributed by atoms with Gasteiger partial charge in [0.05, 0.1) is 17.4 Å². The molecule has 0 radical (unpaired) electrons. The molecule has 0 heterocycles. The Morgan fingerprint density at radius 2 is 1.95 bits per heavy atom. The minimum absolute atomic E-state index is 0.185. The lowest BCUT2D eigenvalue weighted by Gasteiger charge is -2.20. The lowest BCUT2D eigenvalue weighted by molar-refractivity contribution is -0.122. The molecule has 0 saturated carbocycles. The van der Waals surface area contributed by atoms with E-state index in [1.54, 1.807) is 39.0 Å². The van der Waals surface area contributed by atoms with Crippen LogP contribution in [0.15, 0.2) is 18.2 Å². The van der Waals surface area contributed by atoms with Crippen LogP contribution in [0.1, 0.15) is 19.4 Å². The molecule has 20 heavy (non-hydrogen) atoms. The number of hydrogen-bond acceptors (Lipinski definition) is 3.